The summed E-state index contributed by atoms with van der Waals surface area (Å²) in [4.78, 5) is 14.7. The zero-order valence-corrected chi connectivity index (χ0v) is 17.8. The van der Waals surface area contributed by atoms with Crippen LogP contribution in [0.3, 0.4) is 0 Å². The SMILES string of the molecule is CC(C)[C@H](N)C(O)N1CCC(Oc2ncc(-c3cccnc3)cn2)CC1.Cl.Cl. The normalized spacial score (nSPS) is 17.3. The molecular formula is C19H29Cl2N5O2. The molecule has 156 valence electrons. The summed E-state index contributed by atoms with van der Waals surface area (Å²) in [6, 6.07) is 3.99. The quantitative estimate of drug-likeness (QED) is 0.727. The van der Waals surface area contributed by atoms with E-state index in [0.29, 0.717) is 6.01 Å². The van der Waals surface area contributed by atoms with Gasteiger partial charge in [0.05, 0.1) is 0 Å². The third-order valence-corrected chi connectivity index (χ3v) is 4.86. The third-order valence-electron chi connectivity index (χ3n) is 4.86. The van der Waals surface area contributed by atoms with Crippen LogP contribution in [0.4, 0.5) is 0 Å². The number of nitrogens with zero attached hydrogens (tertiary/aromatic N) is 4. The van der Waals surface area contributed by atoms with Gasteiger partial charge in [0.25, 0.3) is 0 Å². The molecule has 28 heavy (non-hydrogen) atoms. The highest BCUT2D eigenvalue weighted by Crippen LogP contribution is 2.21. The first-order valence-corrected chi connectivity index (χ1v) is 9.11. The summed E-state index contributed by atoms with van der Waals surface area (Å²) >= 11 is 0. The molecule has 1 aliphatic heterocycles. The molecule has 0 spiro atoms. The Hall–Kier alpha value is -1.51. The first-order valence-electron chi connectivity index (χ1n) is 9.11. The Bertz CT molecular complexity index is 682. The van der Waals surface area contributed by atoms with E-state index in [1.165, 1.54) is 0 Å². The van der Waals surface area contributed by atoms with Crippen molar-refractivity contribution in [2.24, 2.45) is 11.7 Å². The van der Waals surface area contributed by atoms with E-state index in [0.717, 1.165) is 37.1 Å². The van der Waals surface area contributed by atoms with Crippen LogP contribution >= 0.6 is 24.8 Å². The zero-order chi connectivity index (χ0) is 18.5. The van der Waals surface area contributed by atoms with Crippen LogP contribution in [-0.4, -0.2) is 56.4 Å². The first kappa shape index (κ1) is 24.5. The summed E-state index contributed by atoms with van der Waals surface area (Å²) in [6.07, 6.45) is 8.09. The molecule has 1 unspecified atom stereocenters. The number of aromatic nitrogens is 3. The van der Waals surface area contributed by atoms with Crippen LogP contribution < -0.4 is 10.5 Å². The second kappa shape index (κ2) is 11.5. The molecule has 0 aromatic carbocycles. The number of halogens is 2. The molecule has 9 heteroatoms. The standard InChI is InChI=1S/C19H27N5O2.2ClH/c1-13(2)17(20)18(25)24-8-5-16(6-9-24)26-19-22-11-15(12-23-19)14-4-3-7-21-10-14;;/h3-4,7,10-13,16-18,25H,5-6,8-9,20H2,1-2H3;2*1H/t17-,18?;;/m0../s1. The fourth-order valence-electron chi connectivity index (χ4n) is 3.05. The maximum absolute atomic E-state index is 10.4. The minimum atomic E-state index is -0.606. The van der Waals surface area contributed by atoms with Gasteiger partial charge in [-0.1, -0.05) is 19.9 Å². The van der Waals surface area contributed by atoms with Gasteiger partial charge in [-0.25, -0.2) is 9.97 Å². The van der Waals surface area contributed by atoms with Crippen molar-refractivity contribution < 1.29 is 9.84 Å². The number of pyridine rings is 1. The number of hydrogen-bond acceptors (Lipinski definition) is 7. The Kier molecular flexibility index (Phi) is 10.1. The second-order valence-electron chi connectivity index (χ2n) is 7.08. The van der Waals surface area contributed by atoms with E-state index < -0.39 is 6.23 Å². The number of piperidine rings is 1. The van der Waals surface area contributed by atoms with E-state index in [4.69, 9.17) is 10.5 Å². The molecule has 2 atom stereocenters. The smallest absolute Gasteiger partial charge is 0.316 e. The molecule has 2 aromatic rings. The molecule has 1 aliphatic rings. The molecule has 1 fully saturated rings. The zero-order valence-electron chi connectivity index (χ0n) is 16.1. The summed E-state index contributed by atoms with van der Waals surface area (Å²) in [6.45, 7) is 5.55. The lowest BCUT2D eigenvalue weighted by Gasteiger charge is -2.37. The molecular weight excluding hydrogens is 401 g/mol. The fraction of sp³-hybridized carbons (Fsp3) is 0.526. The summed E-state index contributed by atoms with van der Waals surface area (Å²) in [5, 5.41) is 10.4. The van der Waals surface area contributed by atoms with Crippen LogP contribution in [0.5, 0.6) is 6.01 Å². The van der Waals surface area contributed by atoms with Gasteiger partial charge < -0.3 is 15.6 Å². The third kappa shape index (κ3) is 6.25. The highest BCUT2D eigenvalue weighted by molar-refractivity contribution is 5.85. The van der Waals surface area contributed by atoms with Crippen molar-refractivity contribution in [3.63, 3.8) is 0 Å². The Morgan fingerprint density at radius 1 is 1.11 bits per heavy atom. The van der Waals surface area contributed by atoms with E-state index >= 15 is 0 Å². The van der Waals surface area contributed by atoms with Crippen LogP contribution in [0.25, 0.3) is 11.1 Å². The lowest BCUT2D eigenvalue weighted by Crippen LogP contribution is -2.53. The van der Waals surface area contributed by atoms with E-state index in [1.807, 2.05) is 30.9 Å². The van der Waals surface area contributed by atoms with Gasteiger partial charge in [0.15, 0.2) is 0 Å². The lowest BCUT2D eigenvalue weighted by atomic mass is 10.0. The molecule has 0 radical (unpaired) electrons. The van der Waals surface area contributed by atoms with Crippen LogP contribution in [0.1, 0.15) is 26.7 Å². The van der Waals surface area contributed by atoms with Crippen LogP contribution in [-0.2, 0) is 0 Å². The number of aliphatic hydroxyl groups is 1. The number of aliphatic hydroxyl groups excluding tert-OH is 1. The van der Waals surface area contributed by atoms with E-state index in [1.54, 1.807) is 24.8 Å². The van der Waals surface area contributed by atoms with Crippen molar-refractivity contribution in [3.8, 4) is 17.1 Å². The van der Waals surface area contributed by atoms with Crippen molar-refractivity contribution in [3.05, 3.63) is 36.9 Å². The van der Waals surface area contributed by atoms with Crippen LogP contribution in [0.15, 0.2) is 36.9 Å². The molecule has 0 bridgehead atoms. The number of hydrogen-bond donors (Lipinski definition) is 2. The largest absolute Gasteiger partial charge is 0.460 e. The average Bonchev–Trinajstić information content (AvgIpc) is 2.68. The molecule has 2 aromatic heterocycles. The Morgan fingerprint density at radius 2 is 1.75 bits per heavy atom. The summed E-state index contributed by atoms with van der Waals surface area (Å²) < 4.78 is 5.90. The van der Waals surface area contributed by atoms with Crippen LogP contribution in [0.2, 0.25) is 0 Å². The molecule has 0 amide bonds. The van der Waals surface area contributed by atoms with Gasteiger partial charge in [-0.05, 0) is 24.8 Å². The van der Waals surface area contributed by atoms with Crippen molar-refractivity contribution in [2.45, 2.75) is 45.1 Å². The van der Waals surface area contributed by atoms with Crippen molar-refractivity contribution in [1.82, 2.24) is 19.9 Å². The van der Waals surface area contributed by atoms with Gasteiger partial charge in [-0.3, -0.25) is 9.88 Å². The number of likely N-dealkylation sites (tertiary alicyclic amines) is 1. The maximum atomic E-state index is 10.4. The van der Waals surface area contributed by atoms with E-state index in [-0.39, 0.29) is 42.9 Å². The van der Waals surface area contributed by atoms with Gasteiger partial charge in [0, 0.05) is 55.0 Å². The molecule has 0 saturated carbocycles. The van der Waals surface area contributed by atoms with E-state index in [2.05, 4.69) is 15.0 Å². The Morgan fingerprint density at radius 3 is 2.29 bits per heavy atom. The highest BCUT2D eigenvalue weighted by Gasteiger charge is 2.29. The summed E-state index contributed by atoms with van der Waals surface area (Å²) in [7, 11) is 0. The summed E-state index contributed by atoms with van der Waals surface area (Å²) in [5.41, 5.74) is 7.95. The molecule has 7 nitrogen and oxygen atoms in total. The molecule has 3 N–H and O–H groups in total. The predicted octanol–water partition coefficient (Wildman–Crippen LogP) is 2.53. The van der Waals surface area contributed by atoms with Crippen molar-refractivity contribution in [1.29, 1.82) is 0 Å². The van der Waals surface area contributed by atoms with Gasteiger partial charge in [0.2, 0.25) is 0 Å². The lowest BCUT2D eigenvalue weighted by molar-refractivity contribution is -0.0510. The molecule has 3 rings (SSSR count). The number of nitrogens with two attached hydrogens (primary N) is 1. The molecule has 3 heterocycles. The maximum Gasteiger partial charge on any atom is 0.316 e. The predicted molar refractivity (Wildman–Crippen MR) is 114 cm³/mol. The Balaban J connectivity index is 0.00000196. The fourth-order valence-corrected chi connectivity index (χ4v) is 3.05. The van der Waals surface area contributed by atoms with Gasteiger partial charge >= 0.3 is 6.01 Å². The monoisotopic (exact) mass is 429 g/mol. The van der Waals surface area contributed by atoms with Crippen LogP contribution in [0, 0.1) is 5.92 Å². The highest BCUT2D eigenvalue weighted by atomic mass is 35.5. The second-order valence-corrected chi connectivity index (χ2v) is 7.08. The first-order chi connectivity index (χ1) is 12.5. The van der Waals surface area contributed by atoms with E-state index in [9.17, 15) is 5.11 Å². The topological polar surface area (TPSA) is 97.4 Å². The van der Waals surface area contributed by atoms with Gasteiger partial charge in [-0.2, -0.15) is 0 Å². The summed E-state index contributed by atoms with van der Waals surface area (Å²) in [5.74, 6) is 0.241. The van der Waals surface area contributed by atoms with Crippen molar-refractivity contribution >= 4 is 24.8 Å². The molecule has 0 aliphatic carbocycles. The number of rotatable bonds is 6. The molecule has 1 saturated heterocycles. The number of ether oxygens (including phenoxy) is 1. The minimum absolute atomic E-state index is 0. The van der Waals surface area contributed by atoms with Crippen molar-refractivity contribution in [2.75, 3.05) is 13.1 Å². The van der Waals surface area contributed by atoms with Gasteiger partial charge in [0.1, 0.15) is 12.3 Å². The minimum Gasteiger partial charge on any atom is -0.460 e. The Labute approximate surface area is 178 Å². The van der Waals surface area contributed by atoms with Gasteiger partial charge in [-0.15, -0.1) is 24.8 Å². The average molecular weight is 430 g/mol.